The Morgan fingerprint density at radius 1 is 0.316 bits per heavy atom. The second kappa shape index (κ2) is 9.01. The summed E-state index contributed by atoms with van der Waals surface area (Å²) in [5, 5.41) is 7.85. The number of hydrogen-bond acceptors (Lipinski definition) is 0. The van der Waals surface area contributed by atoms with Gasteiger partial charge in [0.1, 0.15) is 0 Å². The van der Waals surface area contributed by atoms with Gasteiger partial charge in [0.2, 0.25) is 0 Å². The van der Waals surface area contributed by atoms with Gasteiger partial charge in [-0.1, -0.05) is 121 Å². The summed E-state index contributed by atoms with van der Waals surface area (Å²) in [6.07, 6.45) is 0. The standard InChI is InChI=1S/C38H28/c1-25-11-3-4-14-30(25)32-20-10-19-31(26(32)2)29-13-9-12-27(23-29)28-21-22-37-35-17-6-5-15-33(35)34-16-7-8-18-36(34)38(37)24-28/h3-24H,1-2H3. The summed E-state index contributed by atoms with van der Waals surface area (Å²) >= 11 is 0. The predicted octanol–water partition coefficient (Wildman–Crippen LogP) is 10.8. The van der Waals surface area contributed by atoms with Crippen LogP contribution in [0, 0.1) is 13.8 Å². The van der Waals surface area contributed by atoms with Gasteiger partial charge in [-0.2, -0.15) is 0 Å². The fraction of sp³-hybridized carbons (Fsp3) is 0.0526. The number of hydrogen-bond donors (Lipinski definition) is 0. The van der Waals surface area contributed by atoms with Gasteiger partial charge in [-0.25, -0.2) is 0 Å². The van der Waals surface area contributed by atoms with Gasteiger partial charge in [-0.05, 0) is 103 Å². The molecule has 0 heteroatoms. The minimum Gasteiger partial charge on any atom is -0.0620 e. The fourth-order valence-corrected chi connectivity index (χ4v) is 6.07. The Morgan fingerprint density at radius 3 is 1.53 bits per heavy atom. The van der Waals surface area contributed by atoms with Crippen molar-refractivity contribution in [3.63, 3.8) is 0 Å². The highest BCUT2D eigenvalue weighted by Crippen LogP contribution is 2.38. The molecule has 0 N–H and O–H groups in total. The zero-order valence-corrected chi connectivity index (χ0v) is 21.7. The van der Waals surface area contributed by atoms with Crippen LogP contribution in [0.1, 0.15) is 11.1 Å². The van der Waals surface area contributed by atoms with Crippen LogP contribution in [0.2, 0.25) is 0 Å². The minimum atomic E-state index is 1.24. The molecule has 180 valence electrons. The van der Waals surface area contributed by atoms with Gasteiger partial charge in [0.25, 0.3) is 0 Å². The first kappa shape index (κ1) is 22.5. The van der Waals surface area contributed by atoms with Crippen molar-refractivity contribution in [3.05, 3.63) is 145 Å². The van der Waals surface area contributed by atoms with E-state index >= 15 is 0 Å². The van der Waals surface area contributed by atoms with Crippen molar-refractivity contribution in [2.24, 2.45) is 0 Å². The molecule has 7 aromatic carbocycles. The van der Waals surface area contributed by atoms with Crippen LogP contribution in [0.15, 0.2) is 133 Å². The molecule has 0 aromatic heterocycles. The van der Waals surface area contributed by atoms with E-state index in [1.807, 2.05) is 0 Å². The molecule has 0 unspecified atom stereocenters. The fourth-order valence-electron chi connectivity index (χ4n) is 6.07. The van der Waals surface area contributed by atoms with E-state index in [2.05, 4.69) is 147 Å². The third-order valence-corrected chi connectivity index (χ3v) is 8.02. The smallest absolute Gasteiger partial charge is 0.00928 e. The lowest BCUT2D eigenvalue weighted by Crippen LogP contribution is -1.91. The summed E-state index contributed by atoms with van der Waals surface area (Å²) in [5.74, 6) is 0. The molecule has 0 saturated heterocycles. The Labute approximate surface area is 223 Å². The third kappa shape index (κ3) is 3.61. The number of rotatable bonds is 3. The molecule has 0 saturated carbocycles. The highest BCUT2D eigenvalue weighted by atomic mass is 14.2. The lowest BCUT2D eigenvalue weighted by Gasteiger charge is -2.15. The summed E-state index contributed by atoms with van der Waals surface area (Å²) < 4.78 is 0. The van der Waals surface area contributed by atoms with Crippen molar-refractivity contribution in [2.45, 2.75) is 13.8 Å². The van der Waals surface area contributed by atoms with E-state index in [1.165, 1.54) is 76.8 Å². The molecule has 0 fully saturated rings. The maximum absolute atomic E-state index is 2.37. The molecule has 0 aliphatic heterocycles. The van der Waals surface area contributed by atoms with Crippen LogP contribution < -0.4 is 0 Å². The molecule has 38 heavy (non-hydrogen) atoms. The zero-order valence-electron chi connectivity index (χ0n) is 21.7. The van der Waals surface area contributed by atoms with E-state index in [1.54, 1.807) is 0 Å². The van der Waals surface area contributed by atoms with E-state index in [0.29, 0.717) is 0 Å². The summed E-state index contributed by atoms with van der Waals surface area (Å²) in [7, 11) is 0. The Bertz CT molecular complexity index is 1960. The number of aryl methyl sites for hydroxylation is 1. The molecule has 0 nitrogen and oxygen atoms in total. The molecule has 0 heterocycles. The van der Waals surface area contributed by atoms with Crippen molar-refractivity contribution >= 4 is 32.3 Å². The molecule has 0 spiro atoms. The van der Waals surface area contributed by atoms with Crippen LogP contribution in [0.3, 0.4) is 0 Å². The monoisotopic (exact) mass is 484 g/mol. The molecule has 0 bridgehead atoms. The first-order chi connectivity index (χ1) is 18.7. The van der Waals surface area contributed by atoms with E-state index in [0.717, 1.165) is 0 Å². The van der Waals surface area contributed by atoms with E-state index < -0.39 is 0 Å². The summed E-state index contributed by atoms with van der Waals surface area (Å²) in [4.78, 5) is 0. The topological polar surface area (TPSA) is 0 Å². The lowest BCUT2D eigenvalue weighted by atomic mass is 9.89. The van der Waals surface area contributed by atoms with Crippen LogP contribution in [0.4, 0.5) is 0 Å². The van der Waals surface area contributed by atoms with Crippen LogP contribution in [0.5, 0.6) is 0 Å². The number of benzene rings is 7. The van der Waals surface area contributed by atoms with Gasteiger partial charge >= 0.3 is 0 Å². The second-order valence-corrected chi connectivity index (χ2v) is 10.2. The highest BCUT2D eigenvalue weighted by molar-refractivity contribution is 6.25. The highest BCUT2D eigenvalue weighted by Gasteiger charge is 2.12. The van der Waals surface area contributed by atoms with Crippen LogP contribution in [0.25, 0.3) is 65.7 Å². The van der Waals surface area contributed by atoms with Gasteiger partial charge in [-0.3, -0.25) is 0 Å². The molecule has 7 rings (SSSR count). The average molecular weight is 485 g/mol. The van der Waals surface area contributed by atoms with Crippen molar-refractivity contribution in [2.75, 3.05) is 0 Å². The predicted molar refractivity (Wildman–Crippen MR) is 165 cm³/mol. The zero-order chi connectivity index (χ0) is 25.6. The van der Waals surface area contributed by atoms with E-state index in [4.69, 9.17) is 0 Å². The van der Waals surface area contributed by atoms with Crippen LogP contribution >= 0.6 is 0 Å². The Morgan fingerprint density at radius 2 is 0.816 bits per heavy atom. The quantitative estimate of drug-likeness (QED) is 0.219. The molecular formula is C38H28. The van der Waals surface area contributed by atoms with E-state index in [9.17, 15) is 0 Å². The third-order valence-electron chi connectivity index (χ3n) is 8.02. The molecule has 0 aliphatic rings. The van der Waals surface area contributed by atoms with Gasteiger partial charge in [0, 0.05) is 0 Å². The summed E-state index contributed by atoms with van der Waals surface area (Å²) in [6, 6.07) is 48.8. The Hall–Kier alpha value is -4.68. The molecule has 0 radical (unpaired) electrons. The van der Waals surface area contributed by atoms with E-state index in [-0.39, 0.29) is 0 Å². The molecule has 0 amide bonds. The SMILES string of the molecule is Cc1ccccc1-c1cccc(-c2cccc(-c3ccc4c5ccccc5c5ccccc5c4c3)c2)c1C. The van der Waals surface area contributed by atoms with Crippen molar-refractivity contribution in [1.82, 2.24) is 0 Å². The normalized spacial score (nSPS) is 11.4. The Kier molecular flexibility index (Phi) is 5.34. The first-order valence-corrected chi connectivity index (χ1v) is 13.3. The number of fused-ring (bicyclic) bond motifs is 6. The van der Waals surface area contributed by atoms with Crippen molar-refractivity contribution in [1.29, 1.82) is 0 Å². The largest absolute Gasteiger partial charge is 0.0620 e. The summed E-state index contributed by atoms with van der Waals surface area (Å²) in [6.45, 7) is 4.44. The molecular weight excluding hydrogens is 456 g/mol. The second-order valence-electron chi connectivity index (χ2n) is 10.2. The maximum atomic E-state index is 2.37. The molecule has 7 aromatic rings. The van der Waals surface area contributed by atoms with Gasteiger partial charge in [0.15, 0.2) is 0 Å². The Balaban J connectivity index is 1.39. The van der Waals surface area contributed by atoms with Crippen LogP contribution in [-0.2, 0) is 0 Å². The lowest BCUT2D eigenvalue weighted by molar-refractivity contribution is 1.40. The van der Waals surface area contributed by atoms with Crippen LogP contribution in [-0.4, -0.2) is 0 Å². The van der Waals surface area contributed by atoms with Crippen molar-refractivity contribution < 1.29 is 0 Å². The summed E-state index contributed by atoms with van der Waals surface area (Å²) in [5.41, 5.74) is 10.2. The minimum absolute atomic E-state index is 1.24. The first-order valence-electron chi connectivity index (χ1n) is 13.3. The van der Waals surface area contributed by atoms with Gasteiger partial charge < -0.3 is 0 Å². The van der Waals surface area contributed by atoms with Gasteiger partial charge in [0.05, 0.1) is 0 Å². The van der Waals surface area contributed by atoms with Gasteiger partial charge in [-0.15, -0.1) is 0 Å². The van der Waals surface area contributed by atoms with Crippen molar-refractivity contribution in [3.8, 4) is 33.4 Å². The molecule has 0 atom stereocenters. The molecule has 0 aliphatic carbocycles. The maximum Gasteiger partial charge on any atom is -0.00928 e. The average Bonchev–Trinajstić information content (AvgIpc) is 2.98.